The van der Waals surface area contributed by atoms with Gasteiger partial charge in [0.05, 0.1) is 12.8 Å². The van der Waals surface area contributed by atoms with E-state index in [9.17, 15) is 4.79 Å². The quantitative estimate of drug-likeness (QED) is 0.793. The average molecular weight is 346 g/mol. The lowest BCUT2D eigenvalue weighted by Crippen LogP contribution is -2.49. The van der Waals surface area contributed by atoms with Gasteiger partial charge in [0.2, 0.25) is 0 Å². The van der Waals surface area contributed by atoms with Gasteiger partial charge in [0, 0.05) is 29.7 Å². The number of aromatic nitrogens is 1. The van der Waals surface area contributed by atoms with Gasteiger partial charge < -0.3 is 9.26 Å². The fourth-order valence-electron chi connectivity index (χ4n) is 3.13. The molecule has 128 valence electrons. The van der Waals surface area contributed by atoms with Crippen molar-refractivity contribution in [2.75, 3.05) is 18.6 Å². The second-order valence-electron chi connectivity index (χ2n) is 5.98. The summed E-state index contributed by atoms with van der Waals surface area (Å²) in [5.74, 6) is 2.30. The Kier molecular flexibility index (Phi) is 5.26. The maximum absolute atomic E-state index is 12.3. The average Bonchev–Trinajstić information content (AvgIpc) is 2.94. The van der Waals surface area contributed by atoms with E-state index in [0.29, 0.717) is 6.54 Å². The topological polar surface area (TPSA) is 55.6 Å². The zero-order valence-corrected chi connectivity index (χ0v) is 15.0. The summed E-state index contributed by atoms with van der Waals surface area (Å²) >= 11 is 1.79. The second-order valence-corrected chi connectivity index (χ2v) is 7.05. The molecular weight excluding hydrogens is 324 g/mol. The number of nitrogens with zero attached hydrogens (tertiary/aromatic N) is 2. The first-order valence-electron chi connectivity index (χ1n) is 7.99. The fourth-order valence-corrected chi connectivity index (χ4v) is 4.43. The summed E-state index contributed by atoms with van der Waals surface area (Å²) in [5.41, 5.74) is 3.14. The summed E-state index contributed by atoms with van der Waals surface area (Å²) in [6, 6.07) is 10.2. The standard InChI is InChI=1S/C18H22N2O3S/c1-12-15(13(2)23-19-12)9-20-16(14-7-5-4-6-8-14)10-24-11-17(20)18(21)22-3/h4-8,16-17H,9-11H2,1-3H3/t16-,17+/m0/s1. The Morgan fingerprint density at radius 2 is 2.08 bits per heavy atom. The molecule has 0 aliphatic carbocycles. The molecule has 0 saturated carbocycles. The van der Waals surface area contributed by atoms with Crippen molar-refractivity contribution >= 4 is 17.7 Å². The van der Waals surface area contributed by atoms with Gasteiger partial charge in [-0.3, -0.25) is 9.69 Å². The molecule has 0 spiro atoms. The monoisotopic (exact) mass is 346 g/mol. The Balaban J connectivity index is 1.96. The van der Waals surface area contributed by atoms with Crippen LogP contribution in [0.3, 0.4) is 0 Å². The number of hydrogen-bond donors (Lipinski definition) is 0. The van der Waals surface area contributed by atoms with Crippen LogP contribution >= 0.6 is 11.8 Å². The molecule has 1 aromatic carbocycles. The molecule has 2 aromatic rings. The number of benzene rings is 1. The van der Waals surface area contributed by atoms with Gasteiger partial charge in [0.1, 0.15) is 11.8 Å². The van der Waals surface area contributed by atoms with E-state index in [1.807, 2.05) is 32.0 Å². The minimum Gasteiger partial charge on any atom is -0.468 e. The van der Waals surface area contributed by atoms with Crippen molar-refractivity contribution in [2.45, 2.75) is 32.5 Å². The predicted molar refractivity (Wildman–Crippen MR) is 93.8 cm³/mol. The van der Waals surface area contributed by atoms with Crippen molar-refractivity contribution in [2.24, 2.45) is 0 Å². The number of rotatable bonds is 4. The van der Waals surface area contributed by atoms with Gasteiger partial charge in [-0.25, -0.2) is 0 Å². The molecule has 1 aliphatic rings. The summed E-state index contributed by atoms with van der Waals surface area (Å²) in [6.45, 7) is 4.48. The molecule has 3 rings (SSSR count). The zero-order chi connectivity index (χ0) is 17.1. The molecule has 2 atom stereocenters. The van der Waals surface area contributed by atoms with E-state index < -0.39 is 0 Å². The summed E-state index contributed by atoms with van der Waals surface area (Å²) in [7, 11) is 1.45. The maximum atomic E-state index is 12.3. The molecule has 0 bridgehead atoms. The van der Waals surface area contributed by atoms with Crippen molar-refractivity contribution in [1.29, 1.82) is 0 Å². The first-order valence-corrected chi connectivity index (χ1v) is 9.15. The zero-order valence-electron chi connectivity index (χ0n) is 14.2. The number of aryl methyl sites for hydroxylation is 2. The smallest absolute Gasteiger partial charge is 0.323 e. The van der Waals surface area contributed by atoms with E-state index in [2.05, 4.69) is 22.2 Å². The highest BCUT2D eigenvalue weighted by molar-refractivity contribution is 7.99. The lowest BCUT2D eigenvalue weighted by Gasteiger charge is -2.40. The first kappa shape index (κ1) is 17.0. The van der Waals surface area contributed by atoms with Gasteiger partial charge in [0.15, 0.2) is 0 Å². The summed E-state index contributed by atoms with van der Waals surface area (Å²) in [5, 5.41) is 4.05. The second kappa shape index (κ2) is 7.40. The number of thioether (sulfide) groups is 1. The Labute approximate surface area is 146 Å². The molecule has 1 aliphatic heterocycles. The third-order valence-corrected chi connectivity index (χ3v) is 5.63. The lowest BCUT2D eigenvalue weighted by molar-refractivity contribution is -0.147. The summed E-state index contributed by atoms with van der Waals surface area (Å²) < 4.78 is 10.4. The van der Waals surface area contributed by atoms with Gasteiger partial charge in [-0.1, -0.05) is 35.5 Å². The SMILES string of the molecule is COC(=O)[C@H]1CSC[C@@H](c2ccccc2)N1Cc1c(C)noc1C. The van der Waals surface area contributed by atoms with Crippen LogP contribution in [0.15, 0.2) is 34.9 Å². The number of hydrogen-bond acceptors (Lipinski definition) is 6. The van der Waals surface area contributed by atoms with Gasteiger partial charge in [-0.15, -0.1) is 0 Å². The van der Waals surface area contributed by atoms with Crippen LogP contribution in [0.1, 0.15) is 28.6 Å². The molecule has 1 aromatic heterocycles. The van der Waals surface area contributed by atoms with Crippen molar-refractivity contribution in [3.63, 3.8) is 0 Å². The van der Waals surface area contributed by atoms with E-state index in [1.54, 1.807) is 11.8 Å². The summed E-state index contributed by atoms with van der Waals surface area (Å²) in [6.07, 6.45) is 0. The highest BCUT2D eigenvalue weighted by Crippen LogP contribution is 2.35. The fraction of sp³-hybridized carbons (Fsp3) is 0.444. The number of methoxy groups -OCH3 is 1. The van der Waals surface area contributed by atoms with Gasteiger partial charge in [-0.05, 0) is 19.4 Å². The van der Waals surface area contributed by atoms with E-state index in [4.69, 9.17) is 9.26 Å². The first-order chi connectivity index (χ1) is 11.6. The number of ether oxygens (including phenoxy) is 1. The van der Waals surface area contributed by atoms with Crippen LogP contribution in [0.25, 0.3) is 0 Å². The molecule has 1 fully saturated rings. The Bertz CT molecular complexity index is 682. The number of carbonyl (C=O) groups excluding carboxylic acids is 1. The number of esters is 1. The third-order valence-electron chi connectivity index (χ3n) is 4.53. The van der Waals surface area contributed by atoms with Crippen molar-refractivity contribution in [3.05, 3.63) is 52.9 Å². The normalized spacial score (nSPS) is 21.6. The Morgan fingerprint density at radius 1 is 1.33 bits per heavy atom. The van der Waals surface area contributed by atoms with Crippen LogP contribution in [0.2, 0.25) is 0 Å². The molecule has 5 nitrogen and oxygen atoms in total. The minimum absolute atomic E-state index is 0.155. The molecule has 1 saturated heterocycles. The third kappa shape index (κ3) is 3.35. The van der Waals surface area contributed by atoms with E-state index in [0.717, 1.165) is 28.5 Å². The van der Waals surface area contributed by atoms with Crippen molar-refractivity contribution in [1.82, 2.24) is 10.1 Å². The van der Waals surface area contributed by atoms with Crippen LogP contribution in [0.5, 0.6) is 0 Å². The molecule has 0 unspecified atom stereocenters. The van der Waals surface area contributed by atoms with Crippen LogP contribution in [0.4, 0.5) is 0 Å². The van der Waals surface area contributed by atoms with Crippen molar-refractivity contribution in [3.8, 4) is 0 Å². The highest BCUT2D eigenvalue weighted by atomic mass is 32.2. The highest BCUT2D eigenvalue weighted by Gasteiger charge is 2.37. The van der Waals surface area contributed by atoms with Crippen LogP contribution in [-0.2, 0) is 16.1 Å². The molecular formula is C18H22N2O3S. The largest absolute Gasteiger partial charge is 0.468 e. The van der Waals surface area contributed by atoms with Crippen LogP contribution in [-0.4, -0.2) is 40.7 Å². The van der Waals surface area contributed by atoms with Gasteiger partial charge >= 0.3 is 5.97 Å². The predicted octanol–water partition coefficient (Wildman–Crippen LogP) is 3.12. The number of carbonyl (C=O) groups is 1. The Morgan fingerprint density at radius 3 is 2.71 bits per heavy atom. The maximum Gasteiger partial charge on any atom is 0.323 e. The van der Waals surface area contributed by atoms with Crippen molar-refractivity contribution < 1.29 is 14.1 Å². The molecule has 0 N–H and O–H groups in total. The summed E-state index contributed by atoms with van der Waals surface area (Å²) in [4.78, 5) is 14.6. The molecule has 2 heterocycles. The Hall–Kier alpha value is -1.79. The molecule has 24 heavy (non-hydrogen) atoms. The van der Waals surface area contributed by atoms with E-state index in [1.165, 1.54) is 12.7 Å². The van der Waals surface area contributed by atoms with E-state index in [-0.39, 0.29) is 18.1 Å². The lowest BCUT2D eigenvalue weighted by atomic mass is 10.0. The molecule has 0 radical (unpaired) electrons. The van der Waals surface area contributed by atoms with Crippen LogP contribution < -0.4 is 0 Å². The van der Waals surface area contributed by atoms with Gasteiger partial charge in [-0.2, -0.15) is 11.8 Å². The minimum atomic E-state index is -0.271. The molecule has 0 amide bonds. The van der Waals surface area contributed by atoms with Crippen LogP contribution in [0, 0.1) is 13.8 Å². The molecule has 6 heteroatoms. The van der Waals surface area contributed by atoms with Gasteiger partial charge in [0.25, 0.3) is 0 Å². The van der Waals surface area contributed by atoms with E-state index >= 15 is 0 Å².